The number of hydrogen-bond acceptors (Lipinski definition) is 3. The van der Waals surface area contributed by atoms with E-state index in [0.717, 1.165) is 29.7 Å². The SMILES string of the molecule is Cc1ccc(NC(=O)N2CCCC(OCc3ccc(OC(F)(F)F)cc3)C2)cc1. The molecule has 1 aliphatic rings. The number of hydrogen-bond donors (Lipinski definition) is 1. The second-order valence-electron chi connectivity index (χ2n) is 7.01. The van der Waals surface area contributed by atoms with Gasteiger partial charge < -0.3 is 19.7 Å². The van der Waals surface area contributed by atoms with Crippen molar-refractivity contribution in [1.29, 1.82) is 0 Å². The summed E-state index contributed by atoms with van der Waals surface area (Å²) in [6.45, 7) is 3.35. The number of nitrogens with zero attached hydrogens (tertiary/aromatic N) is 1. The molecule has 0 bridgehead atoms. The Morgan fingerprint density at radius 1 is 1.14 bits per heavy atom. The van der Waals surface area contributed by atoms with Crippen molar-refractivity contribution in [1.82, 2.24) is 4.90 Å². The van der Waals surface area contributed by atoms with Gasteiger partial charge in [-0.15, -0.1) is 13.2 Å². The van der Waals surface area contributed by atoms with Gasteiger partial charge in [0, 0.05) is 18.8 Å². The van der Waals surface area contributed by atoms with Crippen molar-refractivity contribution in [3.63, 3.8) is 0 Å². The highest BCUT2D eigenvalue weighted by Gasteiger charge is 2.31. The number of carbonyl (C=O) groups excluding carboxylic acids is 1. The second-order valence-corrected chi connectivity index (χ2v) is 7.01. The van der Waals surface area contributed by atoms with Gasteiger partial charge in [-0.2, -0.15) is 0 Å². The van der Waals surface area contributed by atoms with Crippen LogP contribution in [0.5, 0.6) is 5.75 Å². The monoisotopic (exact) mass is 408 g/mol. The first kappa shape index (κ1) is 21.0. The summed E-state index contributed by atoms with van der Waals surface area (Å²) >= 11 is 0. The van der Waals surface area contributed by atoms with Crippen molar-refractivity contribution in [2.45, 2.75) is 38.8 Å². The predicted octanol–water partition coefficient (Wildman–Crippen LogP) is 5.11. The Bertz CT molecular complexity index is 807. The van der Waals surface area contributed by atoms with E-state index < -0.39 is 6.36 Å². The number of anilines is 1. The van der Waals surface area contributed by atoms with Crippen LogP contribution in [0.4, 0.5) is 23.7 Å². The van der Waals surface area contributed by atoms with E-state index in [0.29, 0.717) is 13.1 Å². The summed E-state index contributed by atoms with van der Waals surface area (Å²) in [4.78, 5) is 14.2. The number of benzene rings is 2. The van der Waals surface area contributed by atoms with Gasteiger partial charge in [-0.1, -0.05) is 29.8 Å². The van der Waals surface area contributed by atoms with Gasteiger partial charge in [0.15, 0.2) is 0 Å². The maximum absolute atomic E-state index is 12.5. The van der Waals surface area contributed by atoms with Crippen LogP contribution in [0.1, 0.15) is 24.0 Å². The van der Waals surface area contributed by atoms with E-state index in [2.05, 4.69) is 10.1 Å². The van der Waals surface area contributed by atoms with E-state index in [4.69, 9.17) is 4.74 Å². The molecule has 0 aliphatic carbocycles. The first-order chi connectivity index (χ1) is 13.8. The molecule has 0 aromatic heterocycles. The molecule has 1 saturated heterocycles. The lowest BCUT2D eigenvalue weighted by atomic mass is 10.1. The van der Waals surface area contributed by atoms with E-state index in [1.807, 2.05) is 31.2 Å². The van der Waals surface area contributed by atoms with Gasteiger partial charge in [0.1, 0.15) is 5.75 Å². The van der Waals surface area contributed by atoms with Crippen LogP contribution in [-0.4, -0.2) is 36.5 Å². The molecule has 156 valence electrons. The molecule has 1 unspecified atom stereocenters. The molecule has 2 amide bonds. The summed E-state index contributed by atoms with van der Waals surface area (Å²) in [5.74, 6) is -0.266. The van der Waals surface area contributed by atoms with Crippen LogP contribution in [-0.2, 0) is 11.3 Å². The number of alkyl halides is 3. The number of nitrogens with one attached hydrogen (secondary N) is 1. The lowest BCUT2D eigenvalue weighted by Gasteiger charge is -2.32. The van der Waals surface area contributed by atoms with Crippen LogP contribution in [0.2, 0.25) is 0 Å². The molecule has 1 aliphatic heterocycles. The third kappa shape index (κ3) is 6.67. The van der Waals surface area contributed by atoms with Gasteiger partial charge in [0.2, 0.25) is 0 Å². The van der Waals surface area contributed by atoms with Crippen molar-refractivity contribution in [3.8, 4) is 5.75 Å². The fourth-order valence-corrected chi connectivity index (χ4v) is 3.10. The molecule has 1 heterocycles. The average molecular weight is 408 g/mol. The number of amides is 2. The molecule has 1 atom stereocenters. The Morgan fingerprint density at radius 2 is 1.83 bits per heavy atom. The van der Waals surface area contributed by atoms with Crippen LogP contribution >= 0.6 is 0 Å². The number of rotatable bonds is 5. The Balaban J connectivity index is 1.48. The first-order valence-electron chi connectivity index (χ1n) is 9.37. The molecule has 2 aromatic rings. The summed E-state index contributed by atoms with van der Waals surface area (Å²) in [5, 5.41) is 2.88. The highest BCUT2D eigenvalue weighted by molar-refractivity contribution is 5.89. The van der Waals surface area contributed by atoms with Gasteiger partial charge in [-0.25, -0.2) is 4.79 Å². The van der Waals surface area contributed by atoms with Gasteiger partial charge in [-0.3, -0.25) is 0 Å². The van der Waals surface area contributed by atoms with E-state index >= 15 is 0 Å². The zero-order chi connectivity index (χ0) is 20.9. The topological polar surface area (TPSA) is 50.8 Å². The largest absolute Gasteiger partial charge is 0.573 e. The van der Waals surface area contributed by atoms with Crippen LogP contribution in [0.25, 0.3) is 0 Å². The fourth-order valence-electron chi connectivity index (χ4n) is 3.10. The third-order valence-corrected chi connectivity index (χ3v) is 4.61. The molecule has 0 saturated carbocycles. The summed E-state index contributed by atoms with van der Waals surface area (Å²) in [7, 11) is 0. The maximum atomic E-state index is 12.5. The van der Waals surface area contributed by atoms with Crippen molar-refractivity contribution >= 4 is 11.7 Å². The quantitative estimate of drug-likeness (QED) is 0.748. The lowest BCUT2D eigenvalue weighted by Crippen LogP contribution is -2.45. The van der Waals surface area contributed by atoms with Crippen LogP contribution in [0, 0.1) is 6.92 Å². The maximum Gasteiger partial charge on any atom is 0.573 e. The Morgan fingerprint density at radius 3 is 2.48 bits per heavy atom. The second kappa shape index (κ2) is 9.17. The molecule has 29 heavy (non-hydrogen) atoms. The molecular formula is C21H23F3N2O3. The lowest BCUT2D eigenvalue weighted by molar-refractivity contribution is -0.274. The molecule has 0 spiro atoms. The van der Waals surface area contributed by atoms with Gasteiger partial charge in [0.05, 0.1) is 12.7 Å². The van der Waals surface area contributed by atoms with Crippen LogP contribution < -0.4 is 10.1 Å². The third-order valence-electron chi connectivity index (χ3n) is 4.61. The molecule has 3 rings (SSSR count). The smallest absolute Gasteiger partial charge is 0.406 e. The summed E-state index contributed by atoms with van der Waals surface area (Å²) in [5.41, 5.74) is 2.60. The van der Waals surface area contributed by atoms with Gasteiger partial charge in [-0.05, 0) is 49.6 Å². The standard InChI is InChI=1S/C21H23F3N2O3/c1-15-4-8-17(9-5-15)25-20(27)26-12-2-3-19(13-26)28-14-16-6-10-18(11-7-16)29-21(22,23)24/h4-11,19H,2-3,12-14H2,1H3,(H,25,27). The molecule has 0 radical (unpaired) electrons. The normalized spacial score (nSPS) is 17.1. The minimum absolute atomic E-state index is 0.126. The molecule has 1 fully saturated rings. The predicted molar refractivity (Wildman–Crippen MR) is 103 cm³/mol. The highest BCUT2D eigenvalue weighted by Crippen LogP contribution is 2.23. The first-order valence-corrected chi connectivity index (χ1v) is 9.37. The van der Waals surface area contributed by atoms with E-state index in [9.17, 15) is 18.0 Å². The Labute approximate surface area is 167 Å². The van der Waals surface area contributed by atoms with Crippen LogP contribution in [0.3, 0.4) is 0 Å². The summed E-state index contributed by atoms with van der Waals surface area (Å²) < 4.78 is 46.3. The van der Waals surface area contributed by atoms with Gasteiger partial charge in [0.25, 0.3) is 0 Å². The van der Waals surface area contributed by atoms with Crippen molar-refractivity contribution < 1.29 is 27.4 Å². The van der Waals surface area contributed by atoms with Crippen LogP contribution in [0.15, 0.2) is 48.5 Å². The molecule has 5 nitrogen and oxygen atoms in total. The number of carbonyl (C=O) groups is 1. The van der Waals surface area contributed by atoms with Crippen molar-refractivity contribution in [3.05, 3.63) is 59.7 Å². The zero-order valence-corrected chi connectivity index (χ0v) is 16.0. The summed E-state index contributed by atoms with van der Waals surface area (Å²) in [6, 6.07) is 13.0. The van der Waals surface area contributed by atoms with Crippen molar-refractivity contribution in [2.75, 3.05) is 18.4 Å². The minimum Gasteiger partial charge on any atom is -0.406 e. The Hall–Kier alpha value is -2.74. The number of aryl methyl sites for hydroxylation is 1. The number of piperidine rings is 1. The Kier molecular flexibility index (Phi) is 6.64. The van der Waals surface area contributed by atoms with Crippen molar-refractivity contribution in [2.24, 2.45) is 0 Å². The van der Waals surface area contributed by atoms with Gasteiger partial charge >= 0.3 is 12.4 Å². The summed E-state index contributed by atoms with van der Waals surface area (Å²) in [6.07, 6.45) is -3.19. The molecular weight excluding hydrogens is 385 g/mol. The van der Waals surface area contributed by atoms with E-state index in [1.165, 1.54) is 24.3 Å². The average Bonchev–Trinajstić information content (AvgIpc) is 2.68. The number of urea groups is 1. The highest BCUT2D eigenvalue weighted by atomic mass is 19.4. The minimum atomic E-state index is -4.71. The number of likely N-dealkylation sites (tertiary alicyclic amines) is 1. The fraction of sp³-hybridized carbons (Fsp3) is 0.381. The zero-order valence-electron chi connectivity index (χ0n) is 16.0. The van der Waals surface area contributed by atoms with E-state index in [1.54, 1.807) is 4.90 Å². The molecule has 2 aromatic carbocycles. The molecule has 1 N–H and O–H groups in total. The molecule has 8 heteroatoms. The number of halogens is 3. The number of ether oxygens (including phenoxy) is 2. The van der Waals surface area contributed by atoms with E-state index in [-0.39, 0.29) is 24.5 Å².